The predicted octanol–water partition coefficient (Wildman–Crippen LogP) is 5.10. The van der Waals surface area contributed by atoms with Gasteiger partial charge in [-0.1, -0.05) is 36.9 Å². The molecule has 3 saturated heterocycles. The molecular weight excluding hydrogens is 459 g/mol. The molecular formula is C26H22F3N3O3. The smallest absolute Gasteiger partial charge is 0.417 e. The maximum Gasteiger partial charge on any atom is 0.417 e. The molecule has 3 heterocycles. The minimum Gasteiger partial charge on any atom is -0.445 e. The lowest BCUT2D eigenvalue weighted by atomic mass is 9.66. The summed E-state index contributed by atoms with van der Waals surface area (Å²) in [6, 6.07) is 13.8. The van der Waals surface area contributed by atoms with Gasteiger partial charge in [-0.25, -0.2) is 4.79 Å². The average Bonchev–Trinajstić information content (AvgIpc) is 3.14. The first-order valence-electron chi connectivity index (χ1n) is 11.3. The van der Waals surface area contributed by atoms with Crippen molar-refractivity contribution >= 4 is 17.7 Å². The van der Waals surface area contributed by atoms with E-state index in [2.05, 4.69) is 6.58 Å². The van der Waals surface area contributed by atoms with E-state index in [1.165, 1.54) is 11.0 Å². The zero-order chi connectivity index (χ0) is 24.9. The Bertz CT molecular complexity index is 1240. The molecule has 2 bridgehead atoms. The van der Waals surface area contributed by atoms with Gasteiger partial charge in [0.25, 0.3) is 0 Å². The van der Waals surface area contributed by atoms with Gasteiger partial charge >= 0.3 is 12.3 Å². The summed E-state index contributed by atoms with van der Waals surface area (Å²) in [5.74, 6) is -1.30. The Morgan fingerprint density at radius 2 is 1.89 bits per heavy atom. The van der Waals surface area contributed by atoms with Gasteiger partial charge in [-0.3, -0.25) is 9.69 Å². The molecule has 9 heteroatoms. The third-order valence-electron chi connectivity index (χ3n) is 7.28. The molecule has 0 aromatic heterocycles. The predicted molar refractivity (Wildman–Crippen MR) is 120 cm³/mol. The SMILES string of the molecule is C=C1[C@@H]2C3CCC(CN3C(=O)OCc3ccccc3)[C@@H]2C(=O)N1c1ccc(C#N)c(C(F)(F)F)c1. The van der Waals surface area contributed by atoms with Crippen LogP contribution in [0, 0.1) is 29.1 Å². The number of amides is 2. The maximum absolute atomic E-state index is 13.5. The van der Waals surface area contributed by atoms with Crippen LogP contribution in [-0.2, 0) is 22.3 Å². The number of alkyl halides is 3. The highest BCUT2D eigenvalue weighted by molar-refractivity contribution is 6.02. The number of fused-ring (bicyclic) bond motifs is 2. The quantitative estimate of drug-likeness (QED) is 0.612. The third kappa shape index (κ3) is 3.83. The van der Waals surface area contributed by atoms with E-state index in [1.54, 1.807) is 11.0 Å². The molecule has 2 unspecified atom stereocenters. The number of anilines is 1. The van der Waals surface area contributed by atoms with Crippen LogP contribution in [-0.4, -0.2) is 29.5 Å². The first kappa shape index (κ1) is 23.0. The van der Waals surface area contributed by atoms with Gasteiger partial charge in [-0.2, -0.15) is 18.4 Å². The summed E-state index contributed by atoms with van der Waals surface area (Å²) in [5.41, 5.74) is -0.356. The molecule has 0 radical (unpaired) electrons. The number of carbonyl (C=O) groups is 2. The molecule has 2 aromatic rings. The number of halogens is 3. The second-order valence-electron chi connectivity index (χ2n) is 9.15. The van der Waals surface area contributed by atoms with E-state index in [1.807, 2.05) is 30.3 Å². The second kappa shape index (κ2) is 8.45. The van der Waals surface area contributed by atoms with Gasteiger partial charge in [0.1, 0.15) is 6.61 Å². The van der Waals surface area contributed by atoms with Gasteiger partial charge in [0.05, 0.1) is 23.1 Å². The van der Waals surface area contributed by atoms with Crippen LogP contribution in [0.15, 0.2) is 60.8 Å². The Hall–Kier alpha value is -3.80. The summed E-state index contributed by atoms with van der Waals surface area (Å²) in [5, 5.41) is 9.09. The molecule has 4 aliphatic rings. The molecule has 1 saturated carbocycles. The molecule has 2 amide bonds. The summed E-state index contributed by atoms with van der Waals surface area (Å²) in [4.78, 5) is 29.2. The Labute approximate surface area is 200 Å². The van der Waals surface area contributed by atoms with Crippen molar-refractivity contribution in [2.24, 2.45) is 17.8 Å². The van der Waals surface area contributed by atoms with Crippen molar-refractivity contribution < 1.29 is 27.5 Å². The van der Waals surface area contributed by atoms with Crippen LogP contribution in [0.2, 0.25) is 0 Å². The van der Waals surface area contributed by atoms with E-state index in [-0.39, 0.29) is 30.2 Å². The third-order valence-corrected chi connectivity index (χ3v) is 7.28. The van der Waals surface area contributed by atoms with Gasteiger partial charge < -0.3 is 9.64 Å². The van der Waals surface area contributed by atoms with Crippen LogP contribution >= 0.6 is 0 Å². The van der Waals surface area contributed by atoms with E-state index in [9.17, 15) is 22.8 Å². The van der Waals surface area contributed by atoms with E-state index in [0.29, 0.717) is 18.7 Å². The monoisotopic (exact) mass is 481 g/mol. The Balaban J connectivity index is 1.40. The molecule has 4 atom stereocenters. The zero-order valence-electron chi connectivity index (χ0n) is 18.7. The highest BCUT2D eigenvalue weighted by atomic mass is 19.4. The van der Waals surface area contributed by atoms with Gasteiger partial charge in [-0.15, -0.1) is 0 Å². The van der Waals surface area contributed by atoms with Crippen LogP contribution in [0.1, 0.15) is 29.5 Å². The summed E-state index contributed by atoms with van der Waals surface area (Å²) >= 11 is 0. The molecule has 6 nitrogen and oxygen atoms in total. The van der Waals surface area contributed by atoms with Crippen LogP contribution in [0.5, 0.6) is 0 Å². The number of carbonyl (C=O) groups excluding carboxylic acids is 2. The summed E-state index contributed by atoms with van der Waals surface area (Å²) in [6.45, 7) is 4.55. The fourth-order valence-corrected chi connectivity index (χ4v) is 5.75. The average molecular weight is 481 g/mol. The number of hydrogen-bond acceptors (Lipinski definition) is 4. The minimum atomic E-state index is -4.74. The molecule has 3 aliphatic heterocycles. The molecule has 180 valence electrons. The fourth-order valence-electron chi connectivity index (χ4n) is 5.75. The number of rotatable bonds is 3. The number of piperidine rings is 2. The molecule has 4 fully saturated rings. The Morgan fingerprint density at radius 3 is 2.57 bits per heavy atom. The molecule has 2 aromatic carbocycles. The number of hydrogen-bond donors (Lipinski definition) is 0. The van der Waals surface area contributed by atoms with Crippen LogP contribution < -0.4 is 4.90 Å². The van der Waals surface area contributed by atoms with Crippen LogP contribution in [0.25, 0.3) is 0 Å². The van der Waals surface area contributed by atoms with E-state index in [4.69, 9.17) is 10.00 Å². The topological polar surface area (TPSA) is 73.6 Å². The Morgan fingerprint density at radius 1 is 1.14 bits per heavy atom. The highest BCUT2D eigenvalue weighted by Gasteiger charge is 2.59. The van der Waals surface area contributed by atoms with Crippen molar-refractivity contribution in [3.05, 3.63) is 77.5 Å². The number of benzene rings is 2. The van der Waals surface area contributed by atoms with Crippen LogP contribution in [0.3, 0.4) is 0 Å². The van der Waals surface area contributed by atoms with Crippen molar-refractivity contribution in [1.29, 1.82) is 5.26 Å². The lowest BCUT2D eigenvalue weighted by Gasteiger charge is -2.50. The molecule has 1 aliphatic carbocycles. The molecule has 35 heavy (non-hydrogen) atoms. The van der Waals surface area contributed by atoms with Crippen molar-refractivity contribution in [2.45, 2.75) is 31.7 Å². The normalized spacial score (nSPS) is 25.4. The van der Waals surface area contributed by atoms with Gasteiger partial charge in [-0.05, 0) is 42.5 Å². The van der Waals surface area contributed by atoms with E-state index in [0.717, 1.165) is 24.1 Å². The molecule has 6 rings (SSSR count). The van der Waals surface area contributed by atoms with Gasteiger partial charge in [0.2, 0.25) is 5.91 Å². The lowest BCUT2D eigenvalue weighted by Crippen LogP contribution is -2.59. The standard InChI is InChI=1S/C26H22F3N3O3/c1-15-22-21-10-8-18(13-31(21)25(34)35-14-16-5-3-2-4-6-16)23(22)24(33)32(15)19-9-7-17(12-30)20(11-19)26(27,28)29/h2-7,9,11,18,21-23H,1,8,10,13-14H2/t18?,21?,22-,23+/m1/s1. The molecule has 0 spiro atoms. The number of nitriles is 1. The maximum atomic E-state index is 13.5. The summed E-state index contributed by atoms with van der Waals surface area (Å²) in [7, 11) is 0. The van der Waals surface area contributed by atoms with Gasteiger partial charge in [0, 0.05) is 29.9 Å². The summed E-state index contributed by atoms with van der Waals surface area (Å²) < 4.78 is 46.1. The van der Waals surface area contributed by atoms with Crippen molar-refractivity contribution in [3.63, 3.8) is 0 Å². The zero-order valence-corrected chi connectivity index (χ0v) is 18.7. The number of nitrogens with zero attached hydrogens (tertiary/aromatic N) is 3. The van der Waals surface area contributed by atoms with Crippen molar-refractivity contribution in [1.82, 2.24) is 4.90 Å². The van der Waals surface area contributed by atoms with Crippen molar-refractivity contribution in [2.75, 3.05) is 11.4 Å². The van der Waals surface area contributed by atoms with Crippen LogP contribution in [0.4, 0.5) is 23.7 Å². The highest BCUT2D eigenvalue weighted by Crippen LogP contribution is 2.53. The van der Waals surface area contributed by atoms with E-state index < -0.39 is 35.2 Å². The van der Waals surface area contributed by atoms with Crippen molar-refractivity contribution in [3.8, 4) is 6.07 Å². The minimum absolute atomic E-state index is 0.0262. The first-order valence-corrected chi connectivity index (χ1v) is 11.3. The largest absolute Gasteiger partial charge is 0.445 e. The lowest BCUT2D eigenvalue weighted by molar-refractivity contribution is -0.137. The van der Waals surface area contributed by atoms with E-state index >= 15 is 0 Å². The molecule has 0 N–H and O–H groups in total. The Kier molecular flexibility index (Phi) is 5.55. The first-order chi connectivity index (χ1) is 16.7. The summed E-state index contributed by atoms with van der Waals surface area (Å²) in [6.07, 6.45) is -3.81. The number of ether oxygens (including phenoxy) is 1. The fraction of sp³-hybridized carbons (Fsp3) is 0.346. The van der Waals surface area contributed by atoms with Gasteiger partial charge in [0.15, 0.2) is 0 Å². The second-order valence-corrected chi connectivity index (χ2v) is 9.15.